The van der Waals surface area contributed by atoms with Gasteiger partial charge in [0.1, 0.15) is 24.4 Å². The molecule has 6 N–H and O–H groups in total. The molecule has 0 bridgehead atoms. The molecule has 0 aromatic heterocycles. The standard InChI is InChI=1S/C55H95NO8/c1-3-5-7-9-11-13-15-17-19-21-22-23-24-25-26-27-28-29-31-33-35-37-39-41-43-45-51(59)56-48(47-63-55-54(62)53(61)52(60)50(46-57)64-55)49(58)44-42-40-38-36-34-32-30-20-18-16-14-12-10-8-6-4-2/h5,7,11,13,17,19,22-23,25-26,28-29,42,44,48-50,52-55,57-58,60-62H,3-4,6,8-10,12,14-16,18,20-21,24,27,30-41,43,45-47H2,1-2H3,(H,56,59)/b7-5-,13-11-,19-17-,23-22-,26-25-,29-28-,44-42+. The lowest BCUT2D eigenvalue weighted by atomic mass is 9.99. The number of carbonyl (C=O) groups is 1. The molecule has 9 nitrogen and oxygen atoms in total. The number of rotatable bonds is 42. The molecule has 7 unspecified atom stereocenters. The van der Waals surface area contributed by atoms with Crippen molar-refractivity contribution in [1.29, 1.82) is 0 Å². The largest absolute Gasteiger partial charge is 0.394 e. The Morgan fingerprint density at radius 3 is 1.44 bits per heavy atom. The van der Waals surface area contributed by atoms with Gasteiger partial charge in [0.25, 0.3) is 0 Å². The molecule has 1 amide bonds. The van der Waals surface area contributed by atoms with E-state index in [2.05, 4.69) is 92.1 Å². The van der Waals surface area contributed by atoms with Crippen molar-refractivity contribution < 1.29 is 39.8 Å². The van der Waals surface area contributed by atoms with Crippen LogP contribution in [0.5, 0.6) is 0 Å². The first-order valence-corrected chi connectivity index (χ1v) is 25.8. The van der Waals surface area contributed by atoms with Crippen molar-refractivity contribution in [2.24, 2.45) is 0 Å². The maximum atomic E-state index is 13.0. The third-order valence-electron chi connectivity index (χ3n) is 11.7. The molecule has 0 spiro atoms. The lowest BCUT2D eigenvalue weighted by Crippen LogP contribution is -2.60. The fraction of sp³-hybridized carbons (Fsp3) is 0.727. The van der Waals surface area contributed by atoms with E-state index in [-0.39, 0.29) is 12.5 Å². The number of carbonyl (C=O) groups excluding carboxylic acids is 1. The van der Waals surface area contributed by atoms with Crippen molar-refractivity contribution in [2.45, 2.75) is 243 Å². The first-order valence-electron chi connectivity index (χ1n) is 25.8. The van der Waals surface area contributed by atoms with Crippen LogP contribution in [-0.2, 0) is 14.3 Å². The van der Waals surface area contributed by atoms with E-state index in [1.807, 2.05) is 6.08 Å². The van der Waals surface area contributed by atoms with Crippen molar-refractivity contribution in [3.63, 3.8) is 0 Å². The number of amides is 1. The van der Waals surface area contributed by atoms with Gasteiger partial charge in [-0.15, -0.1) is 0 Å². The fourth-order valence-corrected chi connectivity index (χ4v) is 7.63. The number of hydrogen-bond donors (Lipinski definition) is 6. The summed E-state index contributed by atoms with van der Waals surface area (Å²) in [5, 5.41) is 54.3. The Bertz CT molecular complexity index is 1270. The first-order chi connectivity index (χ1) is 31.3. The smallest absolute Gasteiger partial charge is 0.220 e. The summed E-state index contributed by atoms with van der Waals surface area (Å²) in [5.41, 5.74) is 0. The quantitative estimate of drug-likeness (QED) is 0.0262. The summed E-state index contributed by atoms with van der Waals surface area (Å²) in [7, 11) is 0. The lowest BCUT2D eigenvalue weighted by Gasteiger charge is -2.40. The minimum atomic E-state index is -1.57. The van der Waals surface area contributed by atoms with Crippen molar-refractivity contribution >= 4 is 5.91 Å². The van der Waals surface area contributed by atoms with Crippen LogP contribution in [0, 0.1) is 0 Å². The highest BCUT2D eigenvalue weighted by Crippen LogP contribution is 2.23. The van der Waals surface area contributed by atoms with E-state index in [0.717, 1.165) is 103 Å². The Morgan fingerprint density at radius 2 is 0.969 bits per heavy atom. The van der Waals surface area contributed by atoms with E-state index in [9.17, 15) is 30.3 Å². The van der Waals surface area contributed by atoms with Gasteiger partial charge in [-0.1, -0.05) is 208 Å². The molecule has 0 radical (unpaired) electrons. The number of nitrogens with one attached hydrogen (secondary N) is 1. The number of aliphatic hydroxyl groups is 5. The molecule has 1 heterocycles. The highest BCUT2D eigenvalue weighted by Gasteiger charge is 2.44. The molecule has 1 aliphatic heterocycles. The third-order valence-corrected chi connectivity index (χ3v) is 11.7. The van der Waals surface area contributed by atoms with Crippen molar-refractivity contribution in [3.8, 4) is 0 Å². The van der Waals surface area contributed by atoms with Gasteiger partial charge in [-0.05, 0) is 70.6 Å². The molecule has 9 heteroatoms. The summed E-state index contributed by atoms with van der Waals surface area (Å²) in [6.45, 7) is 3.65. The van der Waals surface area contributed by atoms with Gasteiger partial charge in [-0.25, -0.2) is 0 Å². The minimum Gasteiger partial charge on any atom is -0.394 e. The first kappa shape index (κ1) is 59.4. The third kappa shape index (κ3) is 33.8. The number of aliphatic hydroxyl groups excluding tert-OH is 5. The fourth-order valence-electron chi connectivity index (χ4n) is 7.63. The Morgan fingerprint density at radius 1 is 0.547 bits per heavy atom. The molecule has 64 heavy (non-hydrogen) atoms. The molecule has 1 aliphatic rings. The van der Waals surface area contributed by atoms with Crippen LogP contribution in [0.25, 0.3) is 0 Å². The molecule has 0 aliphatic carbocycles. The van der Waals surface area contributed by atoms with Crippen molar-refractivity contribution in [1.82, 2.24) is 5.32 Å². The van der Waals surface area contributed by atoms with Gasteiger partial charge in [0, 0.05) is 6.42 Å². The van der Waals surface area contributed by atoms with E-state index in [4.69, 9.17) is 9.47 Å². The molecule has 0 aromatic rings. The maximum Gasteiger partial charge on any atom is 0.220 e. The topological polar surface area (TPSA) is 149 Å². The summed E-state index contributed by atoms with van der Waals surface area (Å²) < 4.78 is 11.2. The van der Waals surface area contributed by atoms with Crippen LogP contribution in [0.2, 0.25) is 0 Å². The van der Waals surface area contributed by atoms with Crippen LogP contribution in [0.3, 0.4) is 0 Å². The van der Waals surface area contributed by atoms with Crippen LogP contribution in [-0.4, -0.2) is 87.5 Å². The van der Waals surface area contributed by atoms with Crippen LogP contribution in [0.1, 0.15) is 200 Å². The number of hydrogen-bond acceptors (Lipinski definition) is 8. The summed E-state index contributed by atoms with van der Waals surface area (Å²) in [5.74, 6) is -0.195. The zero-order valence-corrected chi connectivity index (χ0v) is 40.5. The predicted octanol–water partition coefficient (Wildman–Crippen LogP) is 11.9. The van der Waals surface area contributed by atoms with Crippen LogP contribution in [0.4, 0.5) is 0 Å². The second-order valence-corrected chi connectivity index (χ2v) is 17.6. The van der Waals surface area contributed by atoms with E-state index in [1.165, 1.54) is 77.0 Å². The Labute approximate surface area is 391 Å². The zero-order valence-electron chi connectivity index (χ0n) is 40.5. The molecule has 1 saturated heterocycles. The number of allylic oxidation sites excluding steroid dienone is 13. The molecule has 7 atom stereocenters. The van der Waals surface area contributed by atoms with Crippen LogP contribution >= 0.6 is 0 Å². The molecule has 0 saturated carbocycles. The average Bonchev–Trinajstić information content (AvgIpc) is 3.29. The van der Waals surface area contributed by atoms with Gasteiger partial charge in [0.15, 0.2) is 6.29 Å². The monoisotopic (exact) mass is 898 g/mol. The molecule has 1 fully saturated rings. The summed E-state index contributed by atoms with van der Waals surface area (Å²) in [6, 6.07) is -0.818. The second kappa shape index (κ2) is 44.2. The molecular formula is C55H95NO8. The SMILES string of the molecule is CC/C=C\C/C=C\C/C=C\C/C=C\C/C=C\C/C=C\CCCCCCCCC(=O)NC(COC1OC(CO)C(O)C(O)C1O)C(O)/C=C/CCCCCCCCCCCCCCCC. The zero-order chi connectivity index (χ0) is 46.6. The van der Waals surface area contributed by atoms with E-state index < -0.39 is 49.5 Å². The van der Waals surface area contributed by atoms with Gasteiger partial charge < -0.3 is 40.3 Å². The number of unbranched alkanes of at least 4 members (excludes halogenated alkanes) is 20. The van der Waals surface area contributed by atoms with Crippen LogP contribution < -0.4 is 5.32 Å². The average molecular weight is 898 g/mol. The Hall–Kier alpha value is -2.63. The Balaban J connectivity index is 2.31. The van der Waals surface area contributed by atoms with Crippen LogP contribution in [0.15, 0.2) is 85.1 Å². The van der Waals surface area contributed by atoms with Gasteiger partial charge in [0.05, 0.1) is 25.4 Å². The summed E-state index contributed by atoms with van der Waals surface area (Å²) in [4.78, 5) is 13.0. The van der Waals surface area contributed by atoms with Gasteiger partial charge in [-0.3, -0.25) is 4.79 Å². The minimum absolute atomic E-state index is 0.195. The molecule has 1 rings (SSSR count). The van der Waals surface area contributed by atoms with Gasteiger partial charge in [-0.2, -0.15) is 0 Å². The normalized spacial score (nSPS) is 20.8. The molecule has 368 valence electrons. The molecular weight excluding hydrogens is 803 g/mol. The summed E-state index contributed by atoms with van der Waals surface area (Å²) >= 11 is 0. The van der Waals surface area contributed by atoms with E-state index in [0.29, 0.717) is 6.42 Å². The van der Waals surface area contributed by atoms with E-state index >= 15 is 0 Å². The maximum absolute atomic E-state index is 13.0. The molecule has 0 aromatic carbocycles. The highest BCUT2D eigenvalue weighted by molar-refractivity contribution is 5.76. The summed E-state index contributed by atoms with van der Waals surface area (Å²) in [6.07, 6.45) is 54.8. The predicted molar refractivity (Wildman–Crippen MR) is 267 cm³/mol. The number of ether oxygens (including phenoxy) is 2. The highest BCUT2D eigenvalue weighted by atomic mass is 16.7. The van der Waals surface area contributed by atoms with E-state index in [1.54, 1.807) is 6.08 Å². The second-order valence-electron chi connectivity index (χ2n) is 17.6. The van der Waals surface area contributed by atoms with Crippen molar-refractivity contribution in [2.75, 3.05) is 13.2 Å². The van der Waals surface area contributed by atoms with Crippen molar-refractivity contribution in [3.05, 3.63) is 85.1 Å². The van der Waals surface area contributed by atoms with Gasteiger partial charge in [0.2, 0.25) is 5.91 Å². The lowest BCUT2D eigenvalue weighted by molar-refractivity contribution is -0.302. The van der Waals surface area contributed by atoms with Gasteiger partial charge >= 0.3 is 0 Å². The Kier molecular flexibility index (Phi) is 41.0.